The molecule has 8 heteroatoms. The van der Waals surface area contributed by atoms with Gasteiger partial charge in [0.2, 0.25) is 5.88 Å². The van der Waals surface area contributed by atoms with Gasteiger partial charge in [-0.25, -0.2) is 4.98 Å². The van der Waals surface area contributed by atoms with Crippen molar-refractivity contribution < 1.29 is 24.3 Å². The number of aliphatic hydroxyl groups is 2. The van der Waals surface area contributed by atoms with Crippen molar-refractivity contribution in [1.29, 1.82) is 0 Å². The maximum Gasteiger partial charge on any atom is 0.500 e. The average molecular weight is 291 g/mol. The Hall–Kier alpha value is -1.08. The minimum Gasteiger partial charge on any atom is -0.473 e. The monoisotopic (exact) mass is 291 g/mol. The van der Waals surface area contributed by atoms with Crippen LogP contribution in [-0.4, -0.2) is 53.7 Å². The molecule has 2 rings (SSSR count). The van der Waals surface area contributed by atoms with Gasteiger partial charge in [-0.2, -0.15) is 0 Å². The van der Waals surface area contributed by atoms with Crippen molar-refractivity contribution in [1.82, 2.24) is 4.98 Å². The normalized spacial score (nSPS) is 20.6. The molecule has 1 aliphatic rings. The summed E-state index contributed by atoms with van der Waals surface area (Å²) in [6, 6.07) is 3.47. The number of hydrogen-bond donors (Lipinski definition) is 2. The number of ether oxygens (including phenoxy) is 1. The van der Waals surface area contributed by atoms with E-state index in [0.29, 0.717) is 5.46 Å². The lowest BCUT2D eigenvalue weighted by molar-refractivity contribution is -0.111. The highest BCUT2D eigenvalue weighted by Gasteiger charge is 2.52. The summed E-state index contributed by atoms with van der Waals surface area (Å²) in [6.45, 7) is 7.25. The predicted octanol–water partition coefficient (Wildman–Crippen LogP) is -0.433. The second-order valence-electron chi connectivity index (χ2n) is 6.15. The van der Waals surface area contributed by atoms with Gasteiger partial charge < -0.3 is 24.3 Å². The van der Waals surface area contributed by atoms with Gasteiger partial charge in [0.05, 0.1) is 11.2 Å². The van der Waals surface area contributed by atoms with Gasteiger partial charge in [-0.05, 0) is 33.8 Å². The van der Waals surface area contributed by atoms with Gasteiger partial charge in [0.15, 0.2) is 7.85 Å². The summed E-state index contributed by atoms with van der Waals surface area (Å²) < 4.78 is 17.1. The molecule has 0 aliphatic carbocycles. The summed E-state index contributed by atoms with van der Waals surface area (Å²) in [5.74, 6) is 0.189. The second kappa shape index (κ2) is 5.28. The molecule has 1 aromatic heterocycles. The van der Waals surface area contributed by atoms with E-state index in [1.807, 2.05) is 27.7 Å². The minimum atomic E-state index is -2.43. The fourth-order valence-corrected chi connectivity index (χ4v) is 1.85. The largest absolute Gasteiger partial charge is 0.500 e. The number of aromatic nitrogens is 1. The van der Waals surface area contributed by atoms with Crippen LogP contribution >= 0.6 is 0 Å². The highest BCUT2D eigenvalue weighted by atomic mass is 16.7. The van der Waals surface area contributed by atoms with Crippen LogP contribution in [0.2, 0.25) is 0 Å². The zero-order valence-electron chi connectivity index (χ0n) is 12.7. The molecule has 1 fully saturated rings. The van der Waals surface area contributed by atoms with Crippen molar-refractivity contribution >= 4 is 20.4 Å². The topological polar surface area (TPSA) is 81.0 Å². The molecule has 1 aromatic rings. The molecule has 21 heavy (non-hydrogen) atoms. The number of nitrogens with zero attached hydrogens (tertiary/aromatic N) is 1. The van der Waals surface area contributed by atoms with Crippen molar-refractivity contribution in [3.8, 4) is 5.88 Å². The van der Waals surface area contributed by atoms with E-state index in [9.17, 15) is 0 Å². The molecule has 2 heterocycles. The van der Waals surface area contributed by atoms with E-state index in [1.54, 1.807) is 12.1 Å². The maximum atomic E-state index is 9.12. The molecular weight excluding hydrogens is 272 g/mol. The highest BCUT2D eigenvalue weighted by Crippen LogP contribution is 2.36. The summed E-state index contributed by atoms with van der Waals surface area (Å²) in [7, 11) is 4.42. The summed E-state index contributed by atoms with van der Waals surface area (Å²) >= 11 is 0. The second-order valence-corrected chi connectivity index (χ2v) is 6.15. The Morgan fingerprint density at radius 2 is 1.86 bits per heavy atom. The third-order valence-electron chi connectivity index (χ3n) is 3.73. The first-order valence-electron chi connectivity index (χ1n) is 6.69. The van der Waals surface area contributed by atoms with E-state index >= 15 is 0 Å². The van der Waals surface area contributed by atoms with Gasteiger partial charge >= 0.3 is 7.12 Å². The van der Waals surface area contributed by atoms with Crippen LogP contribution in [0.25, 0.3) is 0 Å². The average Bonchev–Trinajstić information content (AvgIpc) is 2.55. The lowest BCUT2D eigenvalue weighted by Crippen LogP contribution is -2.41. The van der Waals surface area contributed by atoms with Crippen molar-refractivity contribution in [3.63, 3.8) is 0 Å². The lowest BCUT2D eigenvalue weighted by atomic mass is 9.80. The van der Waals surface area contributed by atoms with Crippen LogP contribution in [0.4, 0.5) is 0 Å². The first-order chi connectivity index (χ1) is 9.52. The highest BCUT2D eigenvalue weighted by molar-refractivity contribution is 6.63. The van der Waals surface area contributed by atoms with Crippen LogP contribution in [0, 0.1) is 0 Å². The van der Waals surface area contributed by atoms with Crippen molar-refractivity contribution in [2.45, 2.75) is 44.6 Å². The van der Waals surface area contributed by atoms with E-state index in [1.165, 1.54) is 6.20 Å². The standard InChI is InChI=1S/C13H19B2NO5/c1-11(2)12(3,4)21-15(20-11)9-6-5-7-16-10(9)19-8-13(14,17)18/h5-7,17-18H,8H2,1-4H3. The Kier molecular flexibility index (Phi) is 4.10. The van der Waals surface area contributed by atoms with E-state index in [0.717, 1.165) is 0 Å². The fourth-order valence-electron chi connectivity index (χ4n) is 1.85. The first kappa shape index (κ1) is 16.3. The molecular formula is C13H19B2NO5. The quantitative estimate of drug-likeness (QED) is 0.578. The molecule has 0 bridgehead atoms. The Labute approximate surface area is 126 Å². The zero-order chi connectivity index (χ0) is 15.9. The Balaban J connectivity index is 2.22. The molecule has 0 amide bonds. The van der Waals surface area contributed by atoms with Gasteiger partial charge in [-0.1, -0.05) is 6.07 Å². The molecule has 112 valence electrons. The molecule has 6 nitrogen and oxygen atoms in total. The van der Waals surface area contributed by atoms with Crippen LogP contribution in [-0.2, 0) is 9.31 Å². The molecule has 2 radical (unpaired) electrons. The Bertz CT molecular complexity index is 500. The molecule has 2 N–H and O–H groups in total. The van der Waals surface area contributed by atoms with Gasteiger partial charge in [0, 0.05) is 11.7 Å². The van der Waals surface area contributed by atoms with Gasteiger partial charge in [-0.15, -0.1) is 0 Å². The third kappa shape index (κ3) is 3.58. The van der Waals surface area contributed by atoms with Crippen LogP contribution < -0.4 is 10.2 Å². The smallest absolute Gasteiger partial charge is 0.473 e. The van der Waals surface area contributed by atoms with Gasteiger partial charge in [0.25, 0.3) is 0 Å². The first-order valence-corrected chi connectivity index (χ1v) is 6.69. The van der Waals surface area contributed by atoms with Crippen molar-refractivity contribution in [2.75, 3.05) is 6.61 Å². The van der Waals surface area contributed by atoms with Crippen molar-refractivity contribution in [2.24, 2.45) is 0 Å². The molecule has 0 unspecified atom stereocenters. The van der Waals surface area contributed by atoms with Gasteiger partial charge in [0.1, 0.15) is 12.3 Å². The zero-order valence-corrected chi connectivity index (χ0v) is 12.7. The van der Waals surface area contributed by atoms with E-state index < -0.39 is 30.6 Å². The van der Waals surface area contributed by atoms with E-state index in [2.05, 4.69) is 4.98 Å². The number of hydrogen-bond acceptors (Lipinski definition) is 6. The molecule has 0 saturated carbocycles. The SMILES string of the molecule is [B]C(O)(O)COc1ncccc1B1OC(C)(C)C(C)(C)O1. The van der Waals surface area contributed by atoms with Crippen LogP contribution in [0.15, 0.2) is 18.3 Å². The molecule has 0 spiro atoms. The van der Waals surface area contributed by atoms with E-state index in [4.69, 9.17) is 32.1 Å². The summed E-state index contributed by atoms with van der Waals surface area (Å²) in [6.07, 6.45) is 1.52. The van der Waals surface area contributed by atoms with Crippen LogP contribution in [0.3, 0.4) is 0 Å². The lowest BCUT2D eigenvalue weighted by Gasteiger charge is -2.32. The van der Waals surface area contributed by atoms with Crippen LogP contribution in [0.5, 0.6) is 5.88 Å². The van der Waals surface area contributed by atoms with Crippen molar-refractivity contribution in [3.05, 3.63) is 18.3 Å². The predicted molar refractivity (Wildman–Crippen MR) is 78.4 cm³/mol. The number of rotatable bonds is 4. The molecule has 1 saturated heterocycles. The summed E-state index contributed by atoms with van der Waals surface area (Å²) in [4.78, 5) is 4.06. The third-order valence-corrected chi connectivity index (χ3v) is 3.73. The Morgan fingerprint density at radius 3 is 2.38 bits per heavy atom. The van der Waals surface area contributed by atoms with Crippen LogP contribution in [0.1, 0.15) is 27.7 Å². The summed E-state index contributed by atoms with van der Waals surface area (Å²) in [5.41, 5.74) is -2.84. The summed E-state index contributed by atoms with van der Waals surface area (Å²) in [5, 5.41) is 18.2. The van der Waals surface area contributed by atoms with E-state index in [-0.39, 0.29) is 5.88 Å². The minimum absolute atomic E-state index is 0.189. The molecule has 1 aliphatic heterocycles. The maximum absolute atomic E-state index is 9.12. The molecule has 0 aromatic carbocycles. The molecule has 0 atom stereocenters. The fraction of sp³-hybridized carbons (Fsp3) is 0.615. The Morgan fingerprint density at radius 1 is 1.29 bits per heavy atom. The number of pyridine rings is 1. The van der Waals surface area contributed by atoms with Gasteiger partial charge in [-0.3, -0.25) is 0 Å².